The minimum atomic E-state index is 0.0229. The number of halogens is 1. The third-order valence-electron chi connectivity index (χ3n) is 5.77. The molecule has 0 bridgehead atoms. The minimum Gasteiger partial charge on any atom is -0.333 e. The van der Waals surface area contributed by atoms with Crippen molar-refractivity contribution >= 4 is 17.5 Å². The van der Waals surface area contributed by atoms with Gasteiger partial charge in [0.25, 0.3) is 5.91 Å². The summed E-state index contributed by atoms with van der Waals surface area (Å²) in [7, 11) is 1.85. The molecule has 4 rings (SSSR count). The van der Waals surface area contributed by atoms with Gasteiger partial charge in [0, 0.05) is 31.6 Å². The minimum absolute atomic E-state index is 0.0229. The maximum Gasteiger partial charge on any atom is 0.255 e. The monoisotopic (exact) mass is 423 g/mol. The Morgan fingerprint density at radius 2 is 1.80 bits per heavy atom. The van der Waals surface area contributed by atoms with Gasteiger partial charge in [-0.2, -0.15) is 5.10 Å². The molecule has 0 saturated carbocycles. The van der Waals surface area contributed by atoms with Gasteiger partial charge in [-0.1, -0.05) is 60.1 Å². The summed E-state index contributed by atoms with van der Waals surface area (Å²) in [5, 5.41) is 5.07. The molecule has 1 aliphatic rings. The summed E-state index contributed by atoms with van der Waals surface area (Å²) in [6.45, 7) is 4.42. The Balaban J connectivity index is 1.62. The van der Waals surface area contributed by atoms with Crippen LogP contribution in [0.5, 0.6) is 0 Å². The Morgan fingerprint density at radius 1 is 1.10 bits per heavy atom. The Morgan fingerprint density at radius 3 is 2.50 bits per heavy atom. The molecule has 3 aromatic rings. The number of nitrogens with zero attached hydrogens (tertiary/aromatic N) is 3. The fourth-order valence-corrected chi connectivity index (χ4v) is 4.41. The summed E-state index contributed by atoms with van der Waals surface area (Å²) in [5.74, 6) is 0.0229. The molecule has 0 aliphatic carbocycles. The number of quaternary nitrogens is 1. The first-order chi connectivity index (χ1) is 14.6. The first kappa shape index (κ1) is 20.6. The zero-order valence-corrected chi connectivity index (χ0v) is 18.1. The van der Waals surface area contributed by atoms with E-state index in [0.29, 0.717) is 23.7 Å². The predicted molar refractivity (Wildman–Crippen MR) is 120 cm³/mol. The molecule has 0 radical (unpaired) electrons. The van der Waals surface area contributed by atoms with Crippen molar-refractivity contribution in [1.29, 1.82) is 0 Å². The Bertz CT molecular complexity index is 995. The second-order valence-electron chi connectivity index (χ2n) is 7.94. The first-order valence-electron chi connectivity index (χ1n) is 10.6. The number of aryl methyl sites for hydroxylation is 1. The van der Waals surface area contributed by atoms with Crippen LogP contribution in [0, 0.1) is 0 Å². The summed E-state index contributed by atoms with van der Waals surface area (Å²) in [6, 6.07) is 17.9. The molecule has 156 valence electrons. The summed E-state index contributed by atoms with van der Waals surface area (Å²) in [6.07, 6.45) is 4.32. The van der Waals surface area contributed by atoms with Crippen molar-refractivity contribution in [3.63, 3.8) is 0 Å². The number of aromatic nitrogens is 2. The third-order valence-corrected chi connectivity index (χ3v) is 6.09. The number of nitrogens with one attached hydrogen (secondary N) is 1. The molecule has 5 nitrogen and oxygen atoms in total. The van der Waals surface area contributed by atoms with Crippen molar-refractivity contribution < 1.29 is 9.69 Å². The van der Waals surface area contributed by atoms with Gasteiger partial charge in [0.1, 0.15) is 5.69 Å². The molecule has 1 aliphatic heterocycles. The average molecular weight is 424 g/mol. The van der Waals surface area contributed by atoms with E-state index >= 15 is 0 Å². The van der Waals surface area contributed by atoms with Crippen molar-refractivity contribution in [3.8, 4) is 11.1 Å². The standard InChI is InChI=1S/C24H27ClN4O/c1-27-17-22(25)23(26-27)18-29(16-15-28-13-7-8-14-28)24(30)21-12-6-5-11-20(21)19-9-3-2-4-10-19/h2-6,9-12,17H,7-8,13-16,18H2,1H3/p+1. The lowest BCUT2D eigenvalue weighted by Crippen LogP contribution is -3.10. The number of rotatable bonds is 7. The SMILES string of the molecule is Cn1cc(Cl)c(CN(CC[NH+]2CCCC2)C(=O)c2ccccc2-c2ccccc2)n1. The second kappa shape index (κ2) is 9.45. The molecule has 0 spiro atoms. The molecule has 1 N–H and O–H groups in total. The van der Waals surface area contributed by atoms with Gasteiger partial charge in [-0.05, 0) is 17.2 Å². The Kier molecular flexibility index (Phi) is 6.50. The maximum atomic E-state index is 13.7. The Labute approximate surface area is 182 Å². The summed E-state index contributed by atoms with van der Waals surface area (Å²) in [5.41, 5.74) is 3.45. The number of amides is 1. The van der Waals surface area contributed by atoms with Crippen LogP contribution in [0.2, 0.25) is 5.02 Å². The smallest absolute Gasteiger partial charge is 0.255 e. The largest absolute Gasteiger partial charge is 0.333 e. The van der Waals surface area contributed by atoms with Crippen molar-refractivity contribution in [1.82, 2.24) is 14.7 Å². The zero-order chi connectivity index (χ0) is 20.9. The van der Waals surface area contributed by atoms with Crippen LogP contribution in [0.1, 0.15) is 28.9 Å². The molecule has 1 fully saturated rings. The van der Waals surface area contributed by atoms with E-state index in [1.54, 1.807) is 15.8 Å². The van der Waals surface area contributed by atoms with Crippen LogP contribution < -0.4 is 4.90 Å². The summed E-state index contributed by atoms with van der Waals surface area (Å²) in [4.78, 5) is 17.2. The normalized spacial score (nSPS) is 14.2. The molecule has 2 heterocycles. The first-order valence-corrected chi connectivity index (χ1v) is 10.9. The second-order valence-corrected chi connectivity index (χ2v) is 8.35. The van der Waals surface area contributed by atoms with Gasteiger partial charge in [-0.25, -0.2) is 0 Å². The molecular weight excluding hydrogens is 396 g/mol. The van der Waals surface area contributed by atoms with Crippen molar-refractivity contribution in [3.05, 3.63) is 77.1 Å². The van der Waals surface area contributed by atoms with E-state index < -0.39 is 0 Å². The van der Waals surface area contributed by atoms with E-state index in [9.17, 15) is 4.79 Å². The van der Waals surface area contributed by atoms with Gasteiger partial charge < -0.3 is 9.80 Å². The number of hydrogen-bond acceptors (Lipinski definition) is 2. The van der Waals surface area contributed by atoms with E-state index in [4.69, 9.17) is 11.6 Å². The topological polar surface area (TPSA) is 42.6 Å². The van der Waals surface area contributed by atoms with Crippen LogP contribution in [0.15, 0.2) is 60.8 Å². The number of carbonyl (C=O) groups excluding carboxylic acids is 1. The lowest BCUT2D eigenvalue weighted by Gasteiger charge is -2.25. The molecule has 0 atom stereocenters. The highest BCUT2D eigenvalue weighted by molar-refractivity contribution is 6.31. The molecule has 1 aromatic heterocycles. The molecule has 6 heteroatoms. The van der Waals surface area contributed by atoms with Crippen LogP contribution in [-0.2, 0) is 13.6 Å². The highest BCUT2D eigenvalue weighted by atomic mass is 35.5. The van der Waals surface area contributed by atoms with Crippen LogP contribution in [0.25, 0.3) is 11.1 Å². The van der Waals surface area contributed by atoms with Crippen LogP contribution in [-0.4, -0.2) is 46.8 Å². The van der Waals surface area contributed by atoms with E-state index in [-0.39, 0.29) is 5.91 Å². The molecule has 2 aromatic carbocycles. The van der Waals surface area contributed by atoms with Crippen LogP contribution in [0.3, 0.4) is 0 Å². The van der Waals surface area contributed by atoms with Gasteiger partial charge in [-0.3, -0.25) is 9.48 Å². The van der Waals surface area contributed by atoms with Gasteiger partial charge >= 0.3 is 0 Å². The number of benzene rings is 2. The fraction of sp³-hybridized carbons (Fsp3) is 0.333. The van der Waals surface area contributed by atoms with Gasteiger partial charge in [0.2, 0.25) is 0 Å². The van der Waals surface area contributed by atoms with Gasteiger partial charge in [0.15, 0.2) is 0 Å². The summed E-state index contributed by atoms with van der Waals surface area (Å²) >= 11 is 6.37. The van der Waals surface area contributed by atoms with Gasteiger partial charge in [0.05, 0.1) is 37.7 Å². The summed E-state index contributed by atoms with van der Waals surface area (Å²) < 4.78 is 1.70. The average Bonchev–Trinajstić information content (AvgIpc) is 3.40. The molecular formula is C24H28ClN4O+. The predicted octanol–water partition coefficient (Wildman–Crippen LogP) is 3.06. The fourth-order valence-electron chi connectivity index (χ4n) is 4.17. The highest BCUT2D eigenvalue weighted by Crippen LogP contribution is 2.25. The van der Waals surface area contributed by atoms with Crippen molar-refractivity contribution in [2.75, 3.05) is 26.2 Å². The lowest BCUT2D eigenvalue weighted by atomic mass is 9.99. The molecule has 1 amide bonds. The number of hydrogen-bond donors (Lipinski definition) is 1. The van der Waals surface area contributed by atoms with Crippen LogP contribution in [0.4, 0.5) is 0 Å². The molecule has 30 heavy (non-hydrogen) atoms. The number of likely N-dealkylation sites (tertiary alicyclic amines) is 1. The van der Waals surface area contributed by atoms with Gasteiger partial charge in [-0.15, -0.1) is 0 Å². The molecule has 1 saturated heterocycles. The quantitative estimate of drug-likeness (QED) is 0.634. The third kappa shape index (κ3) is 4.74. The van der Waals surface area contributed by atoms with E-state index in [1.165, 1.54) is 25.9 Å². The molecule has 0 unspecified atom stereocenters. The van der Waals surface area contributed by atoms with Crippen molar-refractivity contribution in [2.24, 2.45) is 7.05 Å². The maximum absolute atomic E-state index is 13.7. The Hall–Kier alpha value is -2.63. The zero-order valence-electron chi connectivity index (χ0n) is 17.4. The highest BCUT2D eigenvalue weighted by Gasteiger charge is 2.24. The van der Waals surface area contributed by atoms with Crippen molar-refractivity contribution in [2.45, 2.75) is 19.4 Å². The van der Waals surface area contributed by atoms with E-state index in [2.05, 4.69) is 5.10 Å². The lowest BCUT2D eigenvalue weighted by molar-refractivity contribution is -0.886. The van der Waals surface area contributed by atoms with E-state index in [0.717, 1.165) is 23.4 Å². The van der Waals surface area contributed by atoms with E-state index in [1.807, 2.05) is 66.5 Å². The van der Waals surface area contributed by atoms with Crippen LogP contribution >= 0.6 is 11.6 Å². The number of carbonyl (C=O) groups is 1.